The summed E-state index contributed by atoms with van der Waals surface area (Å²) in [5.74, 6) is 0.914. The van der Waals surface area contributed by atoms with Crippen molar-refractivity contribution in [1.82, 2.24) is 30.0 Å². The van der Waals surface area contributed by atoms with Crippen LogP contribution in [-0.2, 0) is 6.18 Å². The minimum atomic E-state index is -4.64. The number of nitrogens with one attached hydrogen (secondary N) is 2. The summed E-state index contributed by atoms with van der Waals surface area (Å²) in [5, 5.41) is 11.4. The fourth-order valence-electron chi connectivity index (χ4n) is 4.69. The van der Waals surface area contributed by atoms with E-state index in [9.17, 15) is 18.0 Å². The number of piperidine rings is 1. The first-order valence-electron chi connectivity index (χ1n) is 12.3. The van der Waals surface area contributed by atoms with Gasteiger partial charge in [0.15, 0.2) is 0 Å². The lowest BCUT2D eigenvalue weighted by molar-refractivity contribution is -0.137. The average Bonchev–Trinajstić information content (AvgIpc) is 3.53. The van der Waals surface area contributed by atoms with Crippen molar-refractivity contribution in [3.8, 4) is 10.6 Å². The molecule has 5 heterocycles. The third-order valence-electron chi connectivity index (χ3n) is 6.90. The molecule has 2 fully saturated rings. The van der Waals surface area contributed by atoms with E-state index in [1.165, 1.54) is 11.8 Å². The van der Waals surface area contributed by atoms with Gasteiger partial charge in [-0.05, 0) is 44.8 Å². The molecule has 0 aromatic carbocycles. The van der Waals surface area contributed by atoms with Gasteiger partial charge in [-0.3, -0.25) is 9.48 Å². The molecule has 3 aromatic rings. The van der Waals surface area contributed by atoms with Crippen LogP contribution in [0.1, 0.15) is 58.6 Å². The molecule has 1 amide bonds. The summed E-state index contributed by atoms with van der Waals surface area (Å²) in [6.45, 7) is 2.45. The summed E-state index contributed by atoms with van der Waals surface area (Å²) in [6, 6.07) is 1.93. The van der Waals surface area contributed by atoms with Gasteiger partial charge >= 0.3 is 6.18 Å². The van der Waals surface area contributed by atoms with Gasteiger partial charge in [-0.25, -0.2) is 9.97 Å². The van der Waals surface area contributed by atoms with E-state index in [0.29, 0.717) is 32.9 Å². The maximum absolute atomic E-state index is 14.0. The van der Waals surface area contributed by atoms with Gasteiger partial charge in [-0.2, -0.15) is 18.3 Å². The van der Waals surface area contributed by atoms with E-state index in [1.54, 1.807) is 18.0 Å². The number of thiophene rings is 1. The molecule has 1 aliphatic carbocycles. The molecular formula is C24H26F3N7OS2. The smallest absolute Gasteiger partial charge is 0.340 e. The zero-order valence-electron chi connectivity index (χ0n) is 20.1. The van der Waals surface area contributed by atoms with Crippen molar-refractivity contribution >= 4 is 40.6 Å². The number of rotatable bonds is 5. The lowest BCUT2D eigenvalue weighted by atomic mass is 10.1. The minimum Gasteiger partial charge on any atom is -0.340 e. The SMILES string of the molecule is CN1CCSc2cc(-c3nc(Nc4cn(C5CCNCC5)nc4C4CC4)ncc3C(F)(F)F)sc2C1=O. The normalized spacial score (nSPS) is 19.1. The summed E-state index contributed by atoms with van der Waals surface area (Å²) in [4.78, 5) is 24.2. The molecule has 6 rings (SSSR count). The number of nitrogens with zero attached hydrogens (tertiary/aromatic N) is 5. The molecule has 1 saturated heterocycles. The summed E-state index contributed by atoms with van der Waals surface area (Å²) < 4.78 is 43.9. The first kappa shape index (κ1) is 24.7. The summed E-state index contributed by atoms with van der Waals surface area (Å²) in [5.41, 5.74) is 0.503. The predicted octanol–water partition coefficient (Wildman–Crippen LogP) is 5.14. The van der Waals surface area contributed by atoms with Crippen LogP contribution in [0.5, 0.6) is 0 Å². The maximum atomic E-state index is 14.0. The van der Waals surface area contributed by atoms with Crippen LogP contribution < -0.4 is 10.6 Å². The van der Waals surface area contributed by atoms with Crippen molar-refractivity contribution in [2.24, 2.45) is 0 Å². The number of anilines is 2. The number of amides is 1. The topological polar surface area (TPSA) is 88.0 Å². The van der Waals surface area contributed by atoms with Gasteiger partial charge in [-0.1, -0.05) is 0 Å². The lowest BCUT2D eigenvalue weighted by Gasteiger charge is -2.22. The van der Waals surface area contributed by atoms with Crippen LogP contribution in [0.2, 0.25) is 0 Å². The predicted molar refractivity (Wildman–Crippen MR) is 137 cm³/mol. The number of fused-ring (bicyclic) bond motifs is 1. The Bertz CT molecular complexity index is 1330. The molecule has 0 radical (unpaired) electrons. The fraction of sp³-hybridized carbons (Fsp3) is 0.500. The molecule has 0 unspecified atom stereocenters. The number of carbonyl (C=O) groups is 1. The van der Waals surface area contributed by atoms with Crippen LogP contribution in [-0.4, -0.2) is 63.0 Å². The average molecular weight is 550 g/mol. The second-order valence-corrected chi connectivity index (χ2v) is 11.8. The van der Waals surface area contributed by atoms with Crippen molar-refractivity contribution in [3.05, 3.63) is 34.6 Å². The zero-order chi connectivity index (χ0) is 25.7. The van der Waals surface area contributed by atoms with Crippen molar-refractivity contribution < 1.29 is 18.0 Å². The molecule has 0 atom stereocenters. The number of hydrogen-bond acceptors (Lipinski definition) is 8. The summed E-state index contributed by atoms with van der Waals surface area (Å²) >= 11 is 2.52. The van der Waals surface area contributed by atoms with E-state index in [2.05, 4.69) is 20.6 Å². The van der Waals surface area contributed by atoms with E-state index < -0.39 is 11.7 Å². The van der Waals surface area contributed by atoms with Gasteiger partial charge in [-0.15, -0.1) is 23.1 Å². The van der Waals surface area contributed by atoms with Gasteiger partial charge in [0, 0.05) is 42.6 Å². The Morgan fingerprint density at radius 2 is 1.97 bits per heavy atom. The molecule has 37 heavy (non-hydrogen) atoms. The number of hydrogen-bond donors (Lipinski definition) is 2. The molecule has 1 saturated carbocycles. The van der Waals surface area contributed by atoms with Gasteiger partial charge in [0.1, 0.15) is 10.4 Å². The highest BCUT2D eigenvalue weighted by Gasteiger charge is 2.37. The number of halogens is 3. The molecular weight excluding hydrogens is 523 g/mol. The highest BCUT2D eigenvalue weighted by Crippen LogP contribution is 2.45. The monoisotopic (exact) mass is 549 g/mol. The van der Waals surface area contributed by atoms with Crippen molar-refractivity contribution in [3.63, 3.8) is 0 Å². The first-order valence-corrected chi connectivity index (χ1v) is 14.1. The second-order valence-electron chi connectivity index (χ2n) is 9.62. The third kappa shape index (κ3) is 4.96. The number of aromatic nitrogens is 4. The highest BCUT2D eigenvalue weighted by atomic mass is 32.2. The van der Waals surface area contributed by atoms with Crippen LogP contribution in [0, 0.1) is 0 Å². The molecule has 2 aliphatic heterocycles. The van der Waals surface area contributed by atoms with Crippen molar-refractivity contribution in [2.45, 2.75) is 48.7 Å². The van der Waals surface area contributed by atoms with Crippen LogP contribution >= 0.6 is 23.1 Å². The lowest BCUT2D eigenvalue weighted by Crippen LogP contribution is -2.29. The van der Waals surface area contributed by atoms with Gasteiger partial charge in [0.05, 0.1) is 28.0 Å². The van der Waals surface area contributed by atoms with Gasteiger partial charge in [0.2, 0.25) is 5.95 Å². The van der Waals surface area contributed by atoms with Crippen LogP contribution in [0.3, 0.4) is 0 Å². The minimum absolute atomic E-state index is 0.0782. The quantitative estimate of drug-likeness (QED) is 0.456. The van der Waals surface area contributed by atoms with E-state index in [-0.39, 0.29) is 23.6 Å². The van der Waals surface area contributed by atoms with Crippen LogP contribution in [0.25, 0.3) is 10.6 Å². The van der Waals surface area contributed by atoms with Crippen molar-refractivity contribution in [2.75, 3.05) is 37.8 Å². The zero-order valence-corrected chi connectivity index (χ0v) is 21.8. The van der Waals surface area contributed by atoms with E-state index in [0.717, 1.165) is 67.7 Å². The Labute approximate surface area is 220 Å². The molecule has 196 valence electrons. The number of carbonyl (C=O) groups excluding carboxylic acids is 1. The Kier molecular flexibility index (Phi) is 6.40. The Morgan fingerprint density at radius 1 is 1.19 bits per heavy atom. The largest absolute Gasteiger partial charge is 0.420 e. The molecule has 0 bridgehead atoms. The van der Waals surface area contributed by atoms with Crippen molar-refractivity contribution in [1.29, 1.82) is 0 Å². The van der Waals surface area contributed by atoms with Gasteiger partial charge in [0.25, 0.3) is 5.91 Å². The number of thioether (sulfide) groups is 1. The molecule has 2 N–H and O–H groups in total. The Morgan fingerprint density at radius 3 is 2.70 bits per heavy atom. The first-order chi connectivity index (χ1) is 17.8. The molecule has 3 aliphatic rings. The molecule has 13 heteroatoms. The summed E-state index contributed by atoms with van der Waals surface area (Å²) in [7, 11) is 1.70. The van der Waals surface area contributed by atoms with E-state index in [1.807, 2.05) is 10.9 Å². The maximum Gasteiger partial charge on any atom is 0.420 e. The highest BCUT2D eigenvalue weighted by molar-refractivity contribution is 7.99. The van der Waals surface area contributed by atoms with E-state index >= 15 is 0 Å². The van der Waals surface area contributed by atoms with E-state index in [4.69, 9.17) is 5.10 Å². The standard InChI is InChI=1S/C24H26F3N7OS2/c1-33-8-9-36-18-10-17(37-21(18)22(33)35)20-15(24(25,26)27)11-29-23(31-20)30-16-12-34(14-4-6-28-7-5-14)32-19(16)13-2-3-13/h10-14,28H,2-9H2,1H3,(H,29,30,31). The Balaban J connectivity index is 1.37. The second kappa shape index (κ2) is 9.59. The molecule has 8 nitrogen and oxygen atoms in total. The molecule has 0 spiro atoms. The van der Waals surface area contributed by atoms with Crippen LogP contribution in [0.15, 0.2) is 23.4 Å². The van der Waals surface area contributed by atoms with Gasteiger partial charge < -0.3 is 15.5 Å². The number of alkyl halides is 3. The fourth-order valence-corrected chi connectivity index (χ4v) is 7.12. The molecule has 3 aromatic heterocycles. The third-order valence-corrected chi connectivity index (χ3v) is 9.18. The summed E-state index contributed by atoms with van der Waals surface area (Å²) in [6.07, 6.45) is 2.15. The van der Waals surface area contributed by atoms with Crippen LogP contribution in [0.4, 0.5) is 24.8 Å². The Hall–Kier alpha value is -2.64.